The van der Waals surface area contributed by atoms with Gasteiger partial charge in [0.2, 0.25) is 5.91 Å². The maximum absolute atomic E-state index is 13.3. The van der Waals surface area contributed by atoms with Crippen molar-refractivity contribution in [3.8, 4) is 11.5 Å². The summed E-state index contributed by atoms with van der Waals surface area (Å²) in [5, 5.41) is 2.86. The van der Waals surface area contributed by atoms with Gasteiger partial charge in [-0.15, -0.1) is 0 Å². The highest BCUT2D eigenvalue weighted by atomic mass is 16.5. The minimum absolute atomic E-state index is 0.0918. The van der Waals surface area contributed by atoms with E-state index in [2.05, 4.69) is 46.0 Å². The zero-order chi connectivity index (χ0) is 36.3. The molecule has 3 fully saturated rings. The Morgan fingerprint density at radius 1 is 0.902 bits per heavy atom. The monoisotopic (exact) mass is 695 g/mol. The smallest absolute Gasteiger partial charge is 0.338 e. The molecule has 6 heteroatoms. The van der Waals surface area contributed by atoms with Gasteiger partial charge in [0.25, 0.3) is 0 Å². The van der Waals surface area contributed by atoms with Crippen LogP contribution in [0.15, 0.2) is 60.2 Å². The molecule has 6 rings (SSSR count). The lowest BCUT2D eigenvalue weighted by Crippen LogP contribution is -2.51. The number of allylic oxidation sites excluding steroid dienone is 1. The number of hydrogen-bond acceptors (Lipinski definition) is 5. The molecule has 2 aromatic carbocycles. The van der Waals surface area contributed by atoms with E-state index in [1.165, 1.54) is 63.0 Å². The molecular weight excluding hydrogens is 634 g/mol. The number of benzene rings is 2. The first-order valence-corrected chi connectivity index (χ1v) is 19.7. The fourth-order valence-electron chi connectivity index (χ4n) is 11.0. The van der Waals surface area contributed by atoms with Crippen LogP contribution >= 0.6 is 0 Å². The van der Waals surface area contributed by atoms with Crippen molar-refractivity contribution in [2.45, 2.75) is 111 Å². The van der Waals surface area contributed by atoms with E-state index < -0.39 is 0 Å². The van der Waals surface area contributed by atoms with E-state index in [9.17, 15) is 9.59 Å². The van der Waals surface area contributed by atoms with Gasteiger partial charge in [0.1, 0.15) is 6.10 Å². The predicted octanol–water partition coefficient (Wildman–Crippen LogP) is 10.9. The van der Waals surface area contributed by atoms with Gasteiger partial charge in [-0.2, -0.15) is 0 Å². The van der Waals surface area contributed by atoms with Crippen LogP contribution in [0.4, 0.5) is 5.69 Å². The summed E-state index contributed by atoms with van der Waals surface area (Å²) in [5.41, 5.74) is 4.18. The summed E-state index contributed by atoms with van der Waals surface area (Å²) >= 11 is 0. The van der Waals surface area contributed by atoms with Crippen LogP contribution in [0.5, 0.6) is 11.5 Å². The second-order valence-corrected chi connectivity index (χ2v) is 17.1. The van der Waals surface area contributed by atoms with Crippen LogP contribution in [-0.4, -0.2) is 32.2 Å². The second-order valence-electron chi connectivity index (χ2n) is 17.1. The molecule has 3 saturated carbocycles. The van der Waals surface area contributed by atoms with Crippen LogP contribution in [-0.2, 0) is 9.53 Å². The maximum Gasteiger partial charge on any atom is 0.338 e. The number of carbonyl (C=O) groups excluding carboxylic acids is 2. The quantitative estimate of drug-likeness (QED) is 0.136. The largest absolute Gasteiger partial charge is 0.493 e. The minimum Gasteiger partial charge on any atom is -0.493 e. The summed E-state index contributed by atoms with van der Waals surface area (Å²) in [6, 6.07) is 12.4. The third-order valence-corrected chi connectivity index (χ3v) is 13.8. The number of rotatable bonds is 12. The van der Waals surface area contributed by atoms with Crippen molar-refractivity contribution in [3.63, 3.8) is 0 Å². The predicted molar refractivity (Wildman–Crippen MR) is 206 cm³/mol. The molecule has 0 aliphatic heterocycles. The van der Waals surface area contributed by atoms with E-state index in [1.54, 1.807) is 50.6 Å². The molecule has 0 aromatic heterocycles. The Balaban J connectivity index is 1.02. The molecule has 0 radical (unpaired) electrons. The third kappa shape index (κ3) is 7.81. The number of esters is 1. The SMILES string of the molecule is COc1ccc(/C=C/C(=O)Nc2ccc(C(=O)OC3CC[C@@]4(C)C(=CC[C@H]5[C@@H]6CC[C@H]([C@H](C)CCCC(C)C)[C@@]6(C)CC[C@@H]54)C3)cc2)cc1OC. The van der Waals surface area contributed by atoms with E-state index in [0.717, 1.165) is 60.3 Å². The molecule has 276 valence electrons. The van der Waals surface area contributed by atoms with Gasteiger partial charge in [0.05, 0.1) is 19.8 Å². The first-order chi connectivity index (χ1) is 24.4. The molecule has 6 nitrogen and oxygen atoms in total. The van der Waals surface area contributed by atoms with E-state index in [0.29, 0.717) is 28.2 Å². The third-order valence-electron chi connectivity index (χ3n) is 13.8. The maximum atomic E-state index is 13.3. The van der Waals surface area contributed by atoms with Gasteiger partial charge in [-0.25, -0.2) is 4.79 Å². The van der Waals surface area contributed by atoms with Gasteiger partial charge in [-0.1, -0.05) is 71.6 Å². The highest BCUT2D eigenvalue weighted by Gasteiger charge is 2.59. The summed E-state index contributed by atoms with van der Waals surface area (Å²) in [7, 11) is 3.16. The molecular formula is C45H61NO5. The molecule has 2 aromatic rings. The second kappa shape index (κ2) is 15.6. The fourth-order valence-corrected chi connectivity index (χ4v) is 11.0. The number of ether oxygens (including phenoxy) is 3. The number of hydrogen-bond donors (Lipinski definition) is 1. The average Bonchev–Trinajstić information content (AvgIpc) is 3.48. The lowest BCUT2D eigenvalue weighted by atomic mass is 9.47. The summed E-state index contributed by atoms with van der Waals surface area (Å²) < 4.78 is 16.7. The molecule has 1 N–H and O–H groups in total. The zero-order valence-corrected chi connectivity index (χ0v) is 32.1. The van der Waals surface area contributed by atoms with Crippen molar-refractivity contribution in [1.82, 2.24) is 0 Å². The van der Waals surface area contributed by atoms with E-state index in [4.69, 9.17) is 14.2 Å². The number of carbonyl (C=O) groups is 2. The lowest BCUT2D eigenvalue weighted by Gasteiger charge is -2.58. The van der Waals surface area contributed by atoms with Crippen LogP contribution in [0, 0.1) is 46.3 Å². The molecule has 1 unspecified atom stereocenters. The Hall–Kier alpha value is -3.54. The first-order valence-electron chi connectivity index (χ1n) is 19.7. The van der Waals surface area contributed by atoms with E-state index >= 15 is 0 Å². The number of nitrogens with one attached hydrogen (secondary N) is 1. The molecule has 4 aliphatic carbocycles. The summed E-state index contributed by atoms with van der Waals surface area (Å²) in [4.78, 5) is 25.8. The first kappa shape index (κ1) is 37.2. The van der Waals surface area contributed by atoms with Gasteiger partial charge in [-0.3, -0.25) is 4.79 Å². The molecule has 0 heterocycles. The van der Waals surface area contributed by atoms with Gasteiger partial charge >= 0.3 is 5.97 Å². The Labute approximate surface area is 306 Å². The highest BCUT2D eigenvalue weighted by Crippen LogP contribution is 2.67. The van der Waals surface area contributed by atoms with Gasteiger partial charge in [0, 0.05) is 18.2 Å². The van der Waals surface area contributed by atoms with Crippen molar-refractivity contribution in [2.75, 3.05) is 19.5 Å². The normalized spacial score (nSPS) is 30.5. The molecule has 51 heavy (non-hydrogen) atoms. The number of fused-ring (bicyclic) bond motifs is 5. The topological polar surface area (TPSA) is 73.9 Å². The number of anilines is 1. The molecule has 0 saturated heterocycles. The van der Waals surface area contributed by atoms with Gasteiger partial charge < -0.3 is 19.5 Å². The Morgan fingerprint density at radius 2 is 1.67 bits per heavy atom. The van der Waals surface area contributed by atoms with E-state index in [-0.39, 0.29) is 23.4 Å². The van der Waals surface area contributed by atoms with Crippen molar-refractivity contribution >= 4 is 23.6 Å². The van der Waals surface area contributed by atoms with Crippen molar-refractivity contribution in [1.29, 1.82) is 0 Å². The average molecular weight is 696 g/mol. The minimum atomic E-state index is -0.294. The van der Waals surface area contributed by atoms with Crippen molar-refractivity contribution < 1.29 is 23.8 Å². The highest BCUT2D eigenvalue weighted by molar-refractivity contribution is 6.02. The molecule has 1 amide bonds. The molecule has 4 aliphatic rings. The van der Waals surface area contributed by atoms with Crippen molar-refractivity contribution in [3.05, 3.63) is 71.3 Å². The van der Waals surface area contributed by atoms with Crippen molar-refractivity contribution in [2.24, 2.45) is 46.3 Å². The van der Waals surface area contributed by atoms with Crippen LogP contribution in [0.1, 0.15) is 121 Å². The fraction of sp³-hybridized carbons (Fsp3) is 0.600. The lowest BCUT2D eigenvalue weighted by molar-refractivity contribution is -0.111. The van der Waals surface area contributed by atoms with Gasteiger partial charge in [-0.05, 0) is 139 Å². The zero-order valence-electron chi connectivity index (χ0n) is 32.1. The van der Waals surface area contributed by atoms with Crippen LogP contribution < -0.4 is 14.8 Å². The number of methoxy groups -OCH3 is 2. The molecule has 0 spiro atoms. The van der Waals surface area contributed by atoms with E-state index in [1.807, 2.05) is 12.1 Å². The molecule has 8 atom stereocenters. The summed E-state index contributed by atoms with van der Waals surface area (Å²) in [6.07, 6.45) is 19.4. The molecule has 0 bridgehead atoms. The van der Waals surface area contributed by atoms with Gasteiger partial charge in [0.15, 0.2) is 11.5 Å². The Morgan fingerprint density at radius 3 is 2.39 bits per heavy atom. The standard InChI is InChI=1S/C45H61NO5/c1-29(2)9-8-10-30(3)37-19-20-38-36-18-15-33-28-35(23-25-44(33,4)39(36)24-26-45(37,38)5)51-43(48)32-13-16-34(17-14-32)46-42(47)22-12-31-11-21-40(49-6)41(27-31)50-7/h11-17,21-22,27,29-30,35-39H,8-10,18-20,23-26,28H2,1-7H3,(H,46,47)/b22-12+/t30-,35?,36+,37-,38+,39+,44+,45-/m1/s1. The van der Waals surface area contributed by atoms with Crippen LogP contribution in [0.3, 0.4) is 0 Å². The Bertz CT molecular complexity index is 1610. The number of amides is 1. The van der Waals surface area contributed by atoms with Crippen LogP contribution in [0.2, 0.25) is 0 Å². The summed E-state index contributed by atoms with van der Waals surface area (Å²) in [5.74, 6) is 5.57. The Kier molecular flexibility index (Phi) is 11.4. The summed E-state index contributed by atoms with van der Waals surface area (Å²) in [6.45, 7) is 12.5. The van der Waals surface area contributed by atoms with Crippen LogP contribution in [0.25, 0.3) is 6.08 Å².